The van der Waals surface area contributed by atoms with Crippen LogP contribution in [0.3, 0.4) is 0 Å². The van der Waals surface area contributed by atoms with Crippen molar-refractivity contribution in [2.24, 2.45) is 5.92 Å². The van der Waals surface area contributed by atoms with Gasteiger partial charge in [-0.2, -0.15) is 5.10 Å². The van der Waals surface area contributed by atoms with Gasteiger partial charge < -0.3 is 9.73 Å². The molecule has 1 atom stereocenters. The topological polar surface area (TPSA) is 76.2 Å². The predicted octanol–water partition coefficient (Wildman–Crippen LogP) is 1.29. The number of nitrogens with one attached hydrogen (secondary N) is 1. The number of likely N-dealkylation sites (tertiary alicyclic amines) is 1. The number of nitrogens with zero attached hydrogens (tertiary/aromatic N) is 4. The van der Waals surface area contributed by atoms with E-state index in [-0.39, 0.29) is 17.9 Å². The van der Waals surface area contributed by atoms with Gasteiger partial charge in [-0.05, 0) is 45.0 Å². The number of piperidine rings is 1. The smallest absolute Gasteiger partial charge is 0.223 e. The lowest BCUT2D eigenvalue weighted by molar-refractivity contribution is -0.127. The Hall–Kier alpha value is -2.15. The van der Waals surface area contributed by atoms with Crippen LogP contribution in [0.15, 0.2) is 35.5 Å². The number of carbonyl (C=O) groups excluding carboxylic acids is 1. The summed E-state index contributed by atoms with van der Waals surface area (Å²) in [6, 6.07) is 3.95. The first-order chi connectivity index (χ1) is 11.2. The van der Waals surface area contributed by atoms with Crippen molar-refractivity contribution in [2.45, 2.75) is 38.9 Å². The number of aromatic nitrogens is 3. The number of rotatable bonds is 6. The fourth-order valence-electron chi connectivity index (χ4n) is 2.99. The van der Waals surface area contributed by atoms with Crippen molar-refractivity contribution in [2.75, 3.05) is 13.1 Å². The van der Waals surface area contributed by atoms with Gasteiger partial charge >= 0.3 is 0 Å². The molecule has 23 heavy (non-hydrogen) atoms. The Morgan fingerprint density at radius 2 is 2.30 bits per heavy atom. The second kappa shape index (κ2) is 7.41. The van der Waals surface area contributed by atoms with Crippen LogP contribution in [0.2, 0.25) is 0 Å². The molecule has 0 aliphatic carbocycles. The van der Waals surface area contributed by atoms with E-state index in [1.807, 2.05) is 19.1 Å². The average Bonchev–Trinajstić information content (AvgIpc) is 3.21. The first-order valence-electron chi connectivity index (χ1n) is 8.08. The number of amides is 1. The third-order valence-electron chi connectivity index (χ3n) is 4.23. The maximum atomic E-state index is 12.4. The first-order valence-corrected chi connectivity index (χ1v) is 8.08. The molecule has 1 unspecified atom stereocenters. The van der Waals surface area contributed by atoms with E-state index in [2.05, 4.69) is 20.3 Å². The molecule has 0 aromatic carbocycles. The van der Waals surface area contributed by atoms with Gasteiger partial charge in [-0.25, -0.2) is 4.98 Å². The summed E-state index contributed by atoms with van der Waals surface area (Å²) in [4.78, 5) is 18.6. The molecule has 1 N–H and O–H groups in total. The van der Waals surface area contributed by atoms with Crippen LogP contribution in [0, 0.1) is 5.92 Å². The Labute approximate surface area is 135 Å². The van der Waals surface area contributed by atoms with Crippen molar-refractivity contribution >= 4 is 5.91 Å². The molecule has 1 aliphatic rings. The van der Waals surface area contributed by atoms with E-state index in [4.69, 9.17) is 4.42 Å². The molecular formula is C16H23N5O2. The van der Waals surface area contributed by atoms with Crippen LogP contribution in [0.5, 0.6) is 0 Å². The molecule has 7 nitrogen and oxygen atoms in total. The third-order valence-corrected chi connectivity index (χ3v) is 4.23. The van der Waals surface area contributed by atoms with Crippen molar-refractivity contribution in [3.05, 3.63) is 36.8 Å². The van der Waals surface area contributed by atoms with Gasteiger partial charge in [0.15, 0.2) is 0 Å². The highest BCUT2D eigenvalue weighted by Crippen LogP contribution is 2.19. The highest BCUT2D eigenvalue weighted by atomic mass is 16.3. The van der Waals surface area contributed by atoms with Crippen LogP contribution in [-0.4, -0.2) is 44.7 Å². The Morgan fingerprint density at radius 3 is 2.96 bits per heavy atom. The van der Waals surface area contributed by atoms with Gasteiger partial charge in [-0.1, -0.05) is 0 Å². The number of hydrogen-bond donors (Lipinski definition) is 1. The molecule has 0 bridgehead atoms. The van der Waals surface area contributed by atoms with Crippen molar-refractivity contribution in [3.63, 3.8) is 0 Å². The van der Waals surface area contributed by atoms with Gasteiger partial charge in [-0.3, -0.25) is 14.4 Å². The van der Waals surface area contributed by atoms with Crippen LogP contribution in [0.1, 0.15) is 25.5 Å². The molecule has 1 amide bonds. The van der Waals surface area contributed by atoms with Crippen molar-refractivity contribution in [1.29, 1.82) is 0 Å². The lowest BCUT2D eigenvalue weighted by Crippen LogP contribution is -2.44. The van der Waals surface area contributed by atoms with Crippen LogP contribution in [0.25, 0.3) is 0 Å². The summed E-state index contributed by atoms with van der Waals surface area (Å²) in [5, 5.41) is 7.14. The number of carbonyl (C=O) groups is 1. The zero-order chi connectivity index (χ0) is 16.1. The summed E-state index contributed by atoms with van der Waals surface area (Å²) in [7, 11) is 0. The van der Waals surface area contributed by atoms with Crippen molar-refractivity contribution in [1.82, 2.24) is 25.0 Å². The lowest BCUT2D eigenvalue weighted by Gasteiger charge is -2.31. The van der Waals surface area contributed by atoms with E-state index in [1.54, 1.807) is 17.3 Å². The lowest BCUT2D eigenvalue weighted by atomic mass is 9.95. The SMILES string of the molecule is CC(Cn1cncn1)NC(=O)C1CCN(Cc2ccco2)CC1. The molecule has 2 aromatic rings. The van der Waals surface area contributed by atoms with Gasteiger partial charge in [-0.15, -0.1) is 0 Å². The van der Waals surface area contributed by atoms with E-state index in [1.165, 1.54) is 6.33 Å². The van der Waals surface area contributed by atoms with Crippen molar-refractivity contribution < 1.29 is 9.21 Å². The number of hydrogen-bond acceptors (Lipinski definition) is 5. The molecule has 1 fully saturated rings. The van der Waals surface area contributed by atoms with E-state index in [0.717, 1.165) is 38.2 Å². The summed E-state index contributed by atoms with van der Waals surface area (Å²) in [6.45, 7) is 5.31. The zero-order valence-electron chi connectivity index (χ0n) is 13.4. The predicted molar refractivity (Wildman–Crippen MR) is 84.3 cm³/mol. The summed E-state index contributed by atoms with van der Waals surface area (Å²) in [5.41, 5.74) is 0. The number of furan rings is 1. The summed E-state index contributed by atoms with van der Waals surface area (Å²) < 4.78 is 7.11. The quantitative estimate of drug-likeness (QED) is 0.869. The zero-order valence-corrected chi connectivity index (χ0v) is 13.4. The Balaban J connectivity index is 1.41. The molecule has 1 aliphatic heterocycles. The van der Waals surface area contributed by atoms with Crippen LogP contribution in [-0.2, 0) is 17.9 Å². The Morgan fingerprint density at radius 1 is 1.48 bits per heavy atom. The largest absolute Gasteiger partial charge is 0.468 e. The molecule has 2 aromatic heterocycles. The first kappa shape index (κ1) is 15.7. The molecule has 124 valence electrons. The summed E-state index contributed by atoms with van der Waals surface area (Å²) >= 11 is 0. The maximum absolute atomic E-state index is 12.4. The summed E-state index contributed by atoms with van der Waals surface area (Å²) in [6.07, 6.45) is 6.65. The molecule has 0 radical (unpaired) electrons. The minimum absolute atomic E-state index is 0.0466. The molecule has 3 heterocycles. The molecule has 1 saturated heterocycles. The standard InChI is InChI=1S/C16H23N5O2/c1-13(9-21-12-17-11-18-21)19-16(22)14-4-6-20(7-5-14)10-15-3-2-8-23-15/h2-3,8,11-14H,4-7,9-10H2,1H3,(H,19,22). The second-order valence-corrected chi connectivity index (χ2v) is 6.16. The fraction of sp³-hybridized carbons (Fsp3) is 0.562. The van der Waals surface area contributed by atoms with Gasteiger partial charge in [0.25, 0.3) is 0 Å². The maximum Gasteiger partial charge on any atom is 0.223 e. The van der Waals surface area contributed by atoms with E-state index in [0.29, 0.717) is 6.54 Å². The van der Waals surface area contributed by atoms with Gasteiger partial charge in [0.2, 0.25) is 5.91 Å². The van der Waals surface area contributed by atoms with Gasteiger partial charge in [0.1, 0.15) is 18.4 Å². The highest BCUT2D eigenvalue weighted by molar-refractivity contribution is 5.79. The van der Waals surface area contributed by atoms with Crippen molar-refractivity contribution in [3.8, 4) is 0 Å². The Bertz CT molecular complexity index is 588. The normalized spacial score (nSPS) is 18.0. The monoisotopic (exact) mass is 317 g/mol. The molecule has 7 heteroatoms. The third kappa shape index (κ3) is 4.41. The van der Waals surface area contributed by atoms with Crippen LogP contribution >= 0.6 is 0 Å². The summed E-state index contributed by atoms with van der Waals surface area (Å²) in [5.74, 6) is 1.23. The molecule has 0 spiro atoms. The van der Waals surface area contributed by atoms with E-state index >= 15 is 0 Å². The molecule has 0 saturated carbocycles. The minimum Gasteiger partial charge on any atom is -0.468 e. The second-order valence-electron chi connectivity index (χ2n) is 6.16. The van der Waals surface area contributed by atoms with E-state index < -0.39 is 0 Å². The Kier molecular flexibility index (Phi) is 5.07. The minimum atomic E-state index is 0.0466. The van der Waals surface area contributed by atoms with Gasteiger partial charge in [0, 0.05) is 12.0 Å². The highest BCUT2D eigenvalue weighted by Gasteiger charge is 2.26. The average molecular weight is 317 g/mol. The van der Waals surface area contributed by atoms with Crippen LogP contribution in [0.4, 0.5) is 0 Å². The fourth-order valence-corrected chi connectivity index (χ4v) is 2.99. The molecular weight excluding hydrogens is 294 g/mol. The molecule has 3 rings (SSSR count). The van der Waals surface area contributed by atoms with Gasteiger partial charge in [0.05, 0.1) is 19.4 Å². The van der Waals surface area contributed by atoms with Crippen LogP contribution < -0.4 is 5.32 Å². The van der Waals surface area contributed by atoms with E-state index in [9.17, 15) is 4.79 Å².